The van der Waals surface area contributed by atoms with Crippen molar-refractivity contribution >= 4 is 17.7 Å². The van der Waals surface area contributed by atoms with Crippen LogP contribution in [0.3, 0.4) is 0 Å². The minimum Gasteiger partial charge on any atom is -0.425 e. The number of amides is 1. The van der Waals surface area contributed by atoms with Crippen LogP contribution in [0, 0.1) is 0 Å². The van der Waals surface area contributed by atoms with Crippen molar-refractivity contribution in [3.63, 3.8) is 0 Å². The first kappa shape index (κ1) is 13.8. The minimum absolute atomic E-state index is 0.140. The summed E-state index contributed by atoms with van der Waals surface area (Å²) in [5.41, 5.74) is 0. The fourth-order valence-corrected chi connectivity index (χ4v) is 3.98. The molecule has 0 radical (unpaired) electrons. The summed E-state index contributed by atoms with van der Waals surface area (Å²) in [6.45, 7) is 0. The molecule has 0 aliphatic carbocycles. The second kappa shape index (κ2) is 5.78. The largest absolute Gasteiger partial charge is 0.425 e. The Bertz CT molecular complexity index is 673. The number of fused-ring (bicyclic) bond motifs is 2. The summed E-state index contributed by atoms with van der Waals surface area (Å²) in [5.74, 6) is -0.0829. The number of carbonyl (C=O) groups is 1. The molecule has 2 N–H and O–H groups in total. The highest BCUT2D eigenvalue weighted by Gasteiger charge is 2.40. The maximum Gasteiger partial charge on any atom is 0.307 e. The zero-order valence-electron chi connectivity index (χ0n) is 12.0. The van der Waals surface area contributed by atoms with Crippen LogP contribution in [-0.2, 0) is 0 Å². The molecule has 22 heavy (non-hydrogen) atoms. The van der Waals surface area contributed by atoms with Crippen LogP contribution in [0.25, 0.3) is 0 Å². The molecule has 0 saturated carbocycles. The Hall–Kier alpha value is -1.79. The lowest BCUT2D eigenvalue weighted by Crippen LogP contribution is -2.43. The van der Waals surface area contributed by atoms with Gasteiger partial charge in [-0.05, 0) is 31.4 Å². The van der Waals surface area contributed by atoms with E-state index in [0.717, 1.165) is 17.7 Å². The lowest BCUT2D eigenvalue weighted by atomic mass is 9.95. The standard InChI is InChI=1S/C16H17N3O2S/c20-15(19-13-8-10-6-7-12(13)18-10)16-17-9-14(21-16)22-11-4-2-1-3-5-11/h1-5,9-10,12-13,18H,6-8H2,(H,19,20). The number of nitrogens with one attached hydrogen (secondary N) is 2. The van der Waals surface area contributed by atoms with Gasteiger partial charge in [-0.15, -0.1) is 0 Å². The molecule has 3 unspecified atom stereocenters. The van der Waals surface area contributed by atoms with Crippen molar-refractivity contribution in [3.05, 3.63) is 42.4 Å². The van der Waals surface area contributed by atoms with E-state index in [4.69, 9.17) is 4.42 Å². The molecular formula is C16H17N3O2S. The summed E-state index contributed by atoms with van der Waals surface area (Å²) in [6.07, 6.45) is 4.96. The van der Waals surface area contributed by atoms with Crippen molar-refractivity contribution < 1.29 is 9.21 Å². The van der Waals surface area contributed by atoms with E-state index in [0.29, 0.717) is 17.2 Å². The first-order valence-corrected chi connectivity index (χ1v) is 8.35. The van der Waals surface area contributed by atoms with Crippen LogP contribution in [0.15, 0.2) is 50.9 Å². The van der Waals surface area contributed by atoms with Crippen molar-refractivity contribution in [2.45, 2.75) is 47.4 Å². The Morgan fingerprint density at radius 3 is 2.91 bits per heavy atom. The summed E-state index contributed by atoms with van der Waals surface area (Å²) in [6, 6.07) is 11.0. The average molecular weight is 315 g/mol. The number of oxazole rings is 1. The SMILES string of the molecule is O=C(NC1CC2CCC1N2)c1ncc(Sc2ccccc2)o1. The number of aromatic nitrogens is 1. The predicted molar refractivity (Wildman–Crippen MR) is 82.9 cm³/mol. The molecular weight excluding hydrogens is 298 g/mol. The second-order valence-electron chi connectivity index (χ2n) is 5.76. The normalized spacial score (nSPS) is 26.3. The smallest absolute Gasteiger partial charge is 0.307 e. The molecule has 0 spiro atoms. The molecule has 6 heteroatoms. The fourth-order valence-electron chi connectivity index (χ4n) is 3.23. The molecule has 3 heterocycles. The third kappa shape index (κ3) is 2.76. The van der Waals surface area contributed by atoms with Crippen molar-refractivity contribution in [1.29, 1.82) is 0 Å². The Morgan fingerprint density at radius 2 is 2.18 bits per heavy atom. The van der Waals surface area contributed by atoms with Crippen LogP contribution in [0.2, 0.25) is 0 Å². The third-order valence-electron chi connectivity index (χ3n) is 4.26. The van der Waals surface area contributed by atoms with Crippen LogP contribution >= 0.6 is 11.8 Å². The molecule has 2 bridgehead atoms. The van der Waals surface area contributed by atoms with Gasteiger partial charge in [0.15, 0.2) is 5.09 Å². The molecule has 5 nitrogen and oxygen atoms in total. The van der Waals surface area contributed by atoms with E-state index in [9.17, 15) is 4.79 Å². The topological polar surface area (TPSA) is 67.2 Å². The van der Waals surface area contributed by atoms with Gasteiger partial charge in [0, 0.05) is 23.0 Å². The molecule has 2 aromatic rings. The Morgan fingerprint density at radius 1 is 1.32 bits per heavy atom. The van der Waals surface area contributed by atoms with Crippen LogP contribution in [0.5, 0.6) is 0 Å². The first-order valence-electron chi connectivity index (χ1n) is 7.53. The van der Waals surface area contributed by atoms with Crippen molar-refractivity contribution in [3.8, 4) is 0 Å². The van der Waals surface area contributed by atoms with Crippen molar-refractivity contribution in [2.24, 2.45) is 0 Å². The monoisotopic (exact) mass is 315 g/mol. The van der Waals surface area contributed by atoms with Crippen LogP contribution in [0.1, 0.15) is 29.9 Å². The number of rotatable bonds is 4. The predicted octanol–water partition coefficient (Wildman–Crippen LogP) is 2.45. The molecule has 2 fully saturated rings. The van der Waals surface area contributed by atoms with Gasteiger partial charge in [0.1, 0.15) is 0 Å². The highest BCUT2D eigenvalue weighted by molar-refractivity contribution is 7.99. The number of benzene rings is 1. The first-order chi connectivity index (χ1) is 10.8. The van der Waals surface area contributed by atoms with E-state index in [-0.39, 0.29) is 17.8 Å². The number of hydrogen-bond donors (Lipinski definition) is 2. The zero-order valence-corrected chi connectivity index (χ0v) is 12.8. The third-order valence-corrected chi connectivity index (χ3v) is 5.15. The lowest BCUT2D eigenvalue weighted by molar-refractivity contribution is 0.0890. The fraction of sp³-hybridized carbons (Fsp3) is 0.375. The summed E-state index contributed by atoms with van der Waals surface area (Å²) < 4.78 is 5.56. The number of hydrogen-bond acceptors (Lipinski definition) is 5. The van der Waals surface area contributed by atoms with E-state index >= 15 is 0 Å². The van der Waals surface area contributed by atoms with Gasteiger partial charge in [-0.3, -0.25) is 4.79 Å². The maximum atomic E-state index is 12.2. The van der Waals surface area contributed by atoms with E-state index in [2.05, 4.69) is 15.6 Å². The highest BCUT2D eigenvalue weighted by atomic mass is 32.2. The summed E-state index contributed by atoms with van der Waals surface area (Å²) in [4.78, 5) is 17.4. The van der Waals surface area contributed by atoms with Gasteiger partial charge in [-0.2, -0.15) is 0 Å². The molecule has 2 saturated heterocycles. The Kier molecular flexibility index (Phi) is 3.63. The Balaban J connectivity index is 1.39. The quantitative estimate of drug-likeness (QED) is 0.907. The van der Waals surface area contributed by atoms with Gasteiger partial charge in [-0.25, -0.2) is 4.98 Å². The van der Waals surface area contributed by atoms with Crippen molar-refractivity contribution in [1.82, 2.24) is 15.6 Å². The molecule has 1 aromatic carbocycles. The van der Waals surface area contributed by atoms with E-state index in [1.165, 1.54) is 18.2 Å². The molecule has 1 aromatic heterocycles. The van der Waals surface area contributed by atoms with E-state index in [1.807, 2.05) is 30.3 Å². The average Bonchev–Trinajstić information content (AvgIpc) is 3.24. The molecule has 2 aliphatic heterocycles. The number of carbonyl (C=O) groups excluding carboxylic acids is 1. The van der Waals surface area contributed by atoms with Crippen molar-refractivity contribution in [2.75, 3.05) is 0 Å². The zero-order chi connectivity index (χ0) is 14.9. The highest BCUT2D eigenvalue weighted by Crippen LogP contribution is 2.29. The summed E-state index contributed by atoms with van der Waals surface area (Å²) in [5, 5.41) is 7.17. The molecule has 1 amide bonds. The van der Waals surface area contributed by atoms with Crippen LogP contribution in [-0.4, -0.2) is 29.0 Å². The van der Waals surface area contributed by atoms with Gasteiger partial charge in [0.05, 0.1) is 6.20 Å². The minimum atomic E-state index is -0.223. The van der Waals surface area contributed by atoms with Gasteiger partial charge in [-0.1, -0.05) is 30.0 Å². The van der Waals surface area contributed by atoms with Gasteiger partial charge in [0.2, 0.25) is 0 Å². The Labute approximate surface area is 132 Å². The van der Waals surface area contributed by atoms with E-state index in [1.54, 1.807) is 6.20 Å². The van der Waals surface area contributed by atoms with Gasteiger partial charge in [0.25, 0.3) is 5.89 Å². The molecule has 114 valence electrons. The summed E-state index contributed by atoms with van der Waals surface area (Å²) >= 11 is 1.46. The second-order valence-corrected chi connectivity index (χ2v) is 6.84. The number of nitrogens with zero attached hydrogens (tertiary/aromatic N) is 1. The summed E-state index contributed by atoms with van der Waals surface area (Å²) in [7, 11) is 0. The molecule has 3 atom stereocenters. The van der Waals surface area contributed by atoms with Gasteiger partial charge >= 0.3 is 5.91 Å². The van der Waals surface area contributed by atoms with E-state index < -0.39 is 0 Å². The van der Waals surface area contributed by atoms with Crippen LogP contribution < -0.4 is 10.6 Å². The molecule has 2 aliphatic rings. The maximum absolute atomic E-state index is 12.2. The van der Waals surface area contributed by atoms with Gasteiger partial charge < -0.3 is 15.1 Å². The lowest BCUT2D eigenvalue weighted by Gasteiger charge is -2.20. The molecule has 4 rings (SSSR count). The van der Waals surface area contributed by atoms with Crippen LogP contribution in [0.4, 0.5) is 0 Å².